The van der Waals surface area contributed by atoms with Gasteiger partial charge in [0.25, 0.3) is 0 Å². The smallest absolute Gasteiger partial charge is 0.215 e. The van der Waals surface area contributed by atoms with Gasteiger partial charge in [-0.3, -0.25) is 4.79 Å². The quantitative estimate of drug-likeness (QED) is 0.246. The average Bonchev–Trinajstić information content (AvgIpc) is 1.88. The van der Waals surface area contributed by atoms with Gasteiger partial charge in [-0.2, -0.15) is 5.26 Å². The summed E-state index contributed by atoms with van der Waals surface area (Å²) in [6.07, 6.45) is 1.05. The van der Waals surface area contributed by atoms with Crippen LogP contribution in [0.4, 0.5) is 0 Å². The number of carbonyl (C=O) groups is 1. The molecule has 0 heterocycles. The van der Waals surface area contributed by atoms with Crippen LogP contribution < -0.4 is 4.72 Å². The third-order valence-electron chi connectivity index (χ3n) is 0.492. The Morgan fingerprint density at radius 2 is 2.50 bits per heavy atom. The van der Waals surface area contributed by atoms with Crippen molar-refractivity contribution < 1.29 is 9.00 Å². The summed E-state index contributed by atoms with van der Waals surface area (Å²) in [5, 5.41) is 7.87. The van der Waals surface area contributed by atoms with Crippen molar-refractivity contribution >= 4 is 24.5 Å². The Hall–Kier alpha value is -1.03. The van der Waals surface area contributed by atoms with E-state index in [9.17, 15) is 9.00 Å². The van der Waals surface area contributed by atoms with E-state index in [2.05, 4.69) is 4.36 Å². The number of carbonyl (C=O) groups excluding carboxylic acids is 1. The summed E-state index contributed by atoms with van der Waals surface area (Å²) >= 11 is 0. The number of nitrogens with one attached hydrogen (secondary N) is 1. The fraction of sp³-hybridized carbons (Fsp3) is 0.333. The van der Waals surface area contributed by atoms with E-state index in [4.69, 9.17) is 13.1 Å². The average molecular weight is 156 g/mol. The van der Waals surface area contributed by atoms with Crippen LogP contribution >= 0.6 is 0 Å². The van der Waals surface area contributed by atoms with Gasteiger partial charge in [-0.1, -0.05) is 10.8 Å². The zero-order valence-corrected chi connectivity index (χ0v) is 5.72. The predicted octanol–water partition coefficient (Wildman–Crippen LogP) is -0.767. The van der Waals surface area contributed by atoms with E-state index in [1.54, 1.807) is 4.72 Å². The van der Waals surface area contributed by atoms with Crippen LogP contribution in [-0.2, 0) is 19.8 Å². The molecule has 2 radical (unpaired) electrons. The largest absolute Gasteiger partial charge is 0.423 e. The molecular weight excluding hydrogens is 153 g/mol. The van der Waals surface area contributed by atoms with E-state index in [-0.39, 0.29) is 6.32 Å². The van der Waals surface area contributed by atoms with Crippen LogP contribution in [0.3, 0.4) is 0 Å². The van der Waals surface area contributed by atoms with E-state index >= 15 is 0 Å². The van der Waals surface area contributed by atoms with Gasteiger partial charge in [-0.05, 0) is 6.32 Å². The molecule has 0 aromatic rings. The van der Waals surface area contributed by atoms with Gasteiger partial charge in [0.2, 0.25) is 5.91 Å². The molecule has 0 unspecified atom stereocenters. The van der Waals surface area contributed by atoms with Crippen LogP contribution in [0.5, 0.6) is 0 Å². The molecule has 0 aromatic heterocycles. The van der Waals surface area contributed by atoms with Gasteiger partial charge in [0, 0.05) is 0 Å². The molecule has 0 bridgehead atoms. The Morgan fingerprint density at radius 1 is 1.90 bits per heavy atom. The number of nitriles is 1. The van der Waals surface area contributed by atoms with Crippen LogP contribution in [-0.4, -0.2) is 13.8 Å². The second-order valence-electron chi connectivity index (χ2n) is 1.15. The molecule has 1 N–H and O–H groups in total. The van der Waals surface area contributed by atoms with Gasteiger partial charge in [0.1, 0.15) is 0 Å². The molecule has 5 nitrogen and oxygen atoms in total. The molecule has 52 valence electrons. The molecule has 10 heavy (non-hydrogen) atoms. The van der Waals surface area contributed by atoms with Gasteiger partial charge < -0.3 is 13.3 Å². The summed E-state index contributed by atoms with van der Waals surface area (Å²) in [7, 11) is 2.86. The first-order valence-electron chi connectivity index (χ1n) is 2.22. The topological polar surface area (TPSA) is 82.3 Å². The van der Waals surface area contributed by atoms with Gasteiger partial charge in [-0.25, -0.2) is 0 Å². The standard InChI is InChI=1S/C3H3BN3O2S/c4-1-3(8)7-10(9)6-2-5/h1H2,(H,6,7,8,9)/q-1. The molecule has 0 spiro atoms. The van der Waals surface area contributed by atoms with Crippen molar-refractivity contribution in [3.63, 3.8) is 0 Å². The molecule has 0 aliphatic carbocycles. The summed E-state index contributed by atoms with van der Waals surface area (Å²) in [6, 6.07) is 0. The monoisotopic (exact) mass is 156 g/mol. The summed E-state index contributed by atoms with van der Waals surface area (Å²) in [5.74, 6) is -0.707. The molecule has 0 fully saturated rings. The second-order valence-corrected chi connectivity index (χ2v) is 2.04. The third-order valence-corrected chi connectivity index (χ3v) is 1.13. The maximum atomic E-state index is 10.3. The van der Waals surface area contributed by atoms with Crippen molar-refractivity contribution in [3.8, 4) is 6.19 Å². The van der Waals surface area contributed by atoms with Crippen LogP contribution in [0.15, 0.2) is 4.36 Å². The Kier molecular flexibility index (Phi) is 4.32. The molecule has 0 aliphatic rings. The first-order valence-corrected chi connectivity index (χ1v) is 3.32. The van der Waals surface area contributed by atoms with Gasteiger partial charge in [-0.15, -0.1) is 0 Å². The van der Waals surface area contributed by atoms with Crippen molar-refractivity contribution in [2.45, 2.75) is 6.32 Å². The van der Waals surface area contributed by atoms with E-state index in [0.717, 1.165) is 0 Å². The van der Waals surface area contributed by atoms with Crippen molar-refractivity contribution in [3.05, 3.63) is 0 Å². The lowest BCUT2D eigenvalue weighted by molar-refractivity contribution is -0.115. The van der Waals surface area contributed by atoms with Crippen molar-refractivity contribution in [2.75, 3.05) is 0 Å². The van der Waals surface area contributed by atoms with E-state index in [1.807, 2.05) is 0 Å². The molecule has 0 rings (SSSR count). The maximum absolute atomic E-state index is 10.3. The SMILES string of the molecule is [B]CC(=O)N=[S-](=O)NC#N. The molecular formula is C3H3BN3O2S-. The summed E-state index contributed by atoms with van der Waals surface area (Å²) < 4.78 is 15.1. The fourth-order valence-corrected chi connectivity index (χ4v) is 0.575. The third kappa shape index (κ3) is 3.92. The molecule has 1 amide bonds. The van der Waals surface area contributed by atoms with Gasteiger partial charge in [0.15, 0.2) is 6.19 Å². The van der Waals surface area contributed by atoms with Crippen molar-refractivity contribution in [2.24, 2.45) is 4.36 Å². The highest BCUT2D eigenvalue weighted by atomic mass is 32.2. The highest BCUT2D eigenvalue weighted by Gasteiger charge is 1.84. The number of nitrogens with zero attached hydrogens (tertiary/aromatic N) is 2. The Morgan fingerprint density at radius 3 is 2.90 bits per heavy atom. The first-order chi connectivity index (χ1) is 4.70. The summed E-state index contributed by atoms with van der Waals surface area (Å²) in [6.45, 7) is 0. The minimum atomic E-state index is -1.97. The molecule has 0 aliphatic heterocycles. The van der Waals surface area contributed by atoms with Crippen LogP contribution in [0, 0.1) is 11.5 Å². The van der Waals surface area contributed by atoms with Gasteiger partial charge in [0.05, 0.1) is 7.85 Å². The molecule has 0 saturated heterocycles. The van der Waals surface area contributed by atoms with Gasteiger partial charge >= 0.3 is 0 Å². The summed E-state index contributed by atoms with van der Waals surface area (Å²) in [5.41, 5.74) is 0. The van der Waals surface area contributed by atoms with E-state index in [0.29, 0.717) is 0 Å². The minimum absolute atomic E-state index is 0.307. The molecule has 0 atom stereocenters. The Bertz CT molecular complexity index is 239. The summed E-state index contributed by atoms with van der Waals surface area (Å²) in [4.78, 5) is 10.3. The zero-order valence-electron chi connectivity index (χ0n) is 4.90. The lowest BCUT2D eigenvalue weighted by Gasteiger charge is -1.96. The number of rotatable bonds is 2. The van der Waals surface area contributed by atoms with Crippen LogP contribution in [0.2, 0.25) is 6.32 Å². The van der Waals surface area contributed by atoms with Crippen LogP contribution in [0.1, 0.15) is 0 Å². The van der Waals surface area contributed by atoms with Crippen molar-refractivity contribution in [1.82, 2.24) is 4.72 Å². The highest BCUT2D eigenvalue weighted by molar-refractivity contribution is 7.73. The molecule has 0 saturated carbocycles. The lowest BCUT2D eigenvalue weighted by Crippen LogP contribution is -2.02. The normalized spacial score (nSPS) is 11.9. The number of hydrogen-bond donors (Lipinski definition) is 1. The highest BCUT2D eigenvalue weighted by Crippen LogP contribution is 1.79. The van der Waals surface area contributed by atoms with Crippen LogP contribution in [0.25, 0.3) is 0 Å². The Balaban J connectivity index is 4.07. The molecule has 0 aromatic carbocycles. The predicted molar refractivity (Wildman–Crippen MR) is 34.8 cm³/mol. The van der Waals surface area contributed by atoms with E-state index in [1.165, 1.54) is 6.19 Å². The lowest BCUT2D eigenvalue weighted by atomic mass is 10.1. The fourth-order valence-electron chi connectivity index (χ4n) is 0.192. The number of hydrogen-bond acceptors (Lipinski definition) is 4. The van der Waals surface area contributed by atoms with Crippen molar-refractivity contribution in [1.29, 1.82) is 5.26 Å². The maximum Gasteiger partial charge on any atom is 0.215 e. The van der Waals surface area contributed by atoms with E-state index < -0.39 is 16.7 Å². The first kappa shape index (κ1) is 8.97. The molecule has 7 heteroatoms. The Labute approximate surface area is 61.2 Å². The second kappa shape index (κ2) is 4.82. The minimum Gasteiger partial charge on any atom is -0.423 e. The number of amides is 1. The zero-order chi connectivity index (χ0) is 7.98.